The molecule has 1 aromatic carbocycles. The number of nitrogens with zero attached hydrogens (tertiary/aromatic N) is 3. The van der Waals surface area contributed by atoms with Crippen LogP contribution in [0.15, 0.2) is 36.7 Å². The van der Waals surface area contributed by atoms with Gasteiger partial charge in [-0.15, -0.1) is 0 Å². The quantitative estimate of drug-likeness (QED) is 0.836. The molecule has 1 fully saturated rings. The first-order chi connectivity index (χ1) is 11.8. The Morgan fingerprint density at radius 1 is 1.28 bits per heavy atom. The van der Waals surface area contributed by atoms with Crippen LogP contribution in [0.1, 0.15) is 33.3 Å². The highest BCUT2D eigenvalue weighted by Gasteiger charge is 2.30. The minimum Gasteiger partial charge on any atom is -0.444 e. The smallest absolute Gasteiger partial charge is 0.410 e. The first-order valence-corrected chi connectivity index (χ1v) is 8.87. The molecule has 0 bridgehead atoms. The third kappa shape index (κ3) is 4.28. The third-order valence-corrected chi connectivity index (χ3v) is 4.50. The molecule has 2 aromatic rings. The number of benzene rings is 1. The van der Waals surface area contributed by atoms with Crippen molar-refractivity contribution >= 4 is 16.9 Å². The van der Waals surface area contributed by atoms with Gasteiger partial charge in [0.1, 0.15) is 5.60 Å². The number of aromatic nitrogens is 1. The summed E-state index contributed by atoms with van der Waals surface area (Å²) in [6.07, 6.45) is 3.53. The fraction of sp³-hybridized carbons (Fsp3) is 0.500. The Morgan fingerprint density at radius 2 is 2.08 bits per heavy atom. The van der Waals surface area contributed by atoms with Gasteiger partial charge in [-0.3, -0.25) is 9.88 Å². The van der Waals surface area contributed by atoms with E-state index in [1.807, 2.05) is 38.1 Å². The van der Waals surface area contributed by atoms with Gasteiger partial charge < -0.3 is 9.64 Å². The van der Waals surface area contributed by atoms with Gasteiger partial charge in [-0.1, -0.05) is 18.2 Å². The second kappa shape index (κ2) is 7.00. The highest BCUT2D eigenvalue weighted by molar-refractivity contribution is 5.84. The zero-order valence-corrected chi connectivity index (χ0v) is 15.5. The molecule has 1 saturated heterocycles. The topological polar surface area (TPSA) is 45.7 Å². The lowest BCUT2D eigenvalue weighted by atomic mass is 10.1. The predicted octanol–water partition coefficient (Wildman–Crippen LogP) is 3.68. The highest BCUT2D eigenvalue weighted by atomic mass is 16.6. The standard InChI is InChI=1S/C20H27N3O2/c1-15-13-22(10-11-23(15)19(24)25-20(2,3)4)14-17-7-5-6-16-12-21-9-8-18(16)17/h5-9,12,15H,10-11,13-14H2,1-4H3. The number of hydrogen-bond acceptors (Lipinski definition) is 4. The number of carbonyl (C=O) groups excluding carboxylic acids is 1. The Balaban J connectivity index is 1.66. The van der Waals surface area contributed by atoms with E-state index in [1.165, 1.54) is 16.3 Å². The first-order valence-electron chi connectivity index (χ1n) is 8.87. The minimum absolute atomic E-state index is 0.139. The second-order valence-electron chi connectivity index (χ2n) is 7.77. The van der Waals surface area contributed by atoms with Crippen LogP contribution in [-0.4, -0.2) is 52.2 Å². The zero-order valence-electron chi connectivity index (χ0n) is 15.5. The maximum Gasteiger partial charge on any atom is 0.410 e. The molecule has 5 heteroatoms. The fourth-order valence-electron chi connectivity index (χ4n) is 3.34. The molecule has 3 rings (SSSR count). The van der Waals surface area contributed by atoms with Gasteiger partial charge in [-0.25, -0.2) is 4.79 Å². The van der Waals surface area contributed by atoms with Crippen molar-refractivity contribution in [2.24, 2.45) is 0 Å². The number of pyridine rings is 1. The average molecular weight is 341 g/mol. The van der Waals surface area contributed by atoms with E-state index in [-0.39, 0.29) is 12.1 Å². The molecule has 0 radical (unpaired) electrons. The van der Waals surface area contributed by atoms with E-state index in [1.54, 1.807) is 0 Å². The van der Waals surface area contributed by atoms with Crippen LogP contribution in [0.3, 0.4) is 0 Å². The van der Waals surface area contributed by atoms with Crippen molar-refractivity contribution in [3.8, 4) is 0 Å². The summed E-state index contributed by atoms with van der Waals surface area (Å²) in [4.78, 5) is 20.8. The summed E-state index contributed by atoms with van der Waals surface area (Å²) < 4.78 is 5.52. The second-order valence-corrected chi connectivity index (χ2v) is 7.77. The maximum absolute atomic E-state index is 12.3. The van der Waals surface area contributed by atoms with Gasteiger partial charge in [0, 0.05) is 50.0 Å². The molecule has 0 saturated carbocycles. The lowest BCUT2D eigenvalue weighted by molar-refractivity contribution is 0.000603. The third-order valence-electron chi connectivity index (χ3n) is 4.50. The summed E-state index contributed by atoms with van der Waals surface area (Å²) in [7, 11) is 0. The van der Waals surface area contributed by atoms with Crippen LogP contribution in [0, 0.1) is 0 Å². The minimum atomic E-state index is -0.453. The number of rotatable bonds is 2. The van der Waals surface area contributed by atoms with E-state index in [9.17, 15) is 4.79 Å². The van der Waals surface area contributed by atoms with Gasteiger partial charge in [0.05, 0.1) is 0 Å². The van der Waals surface area contributed by atoms with Gasteiger partial charge in [-0.05, 0) is 44.7 Å². The molecule has 1 aliphatic heterocycles. The lowest BCUT2D eigenvalue weighted by Gasteiger charge is -2.40. The van der Waals surface area contributed by atoms with E-state index in [0.717, 1.165) is 19.6 Å². The van der Waals surface area contributed by atoms with Crippen LogP contribution in [0.4, 0.5) is 4.79 Å². The van der Waals surface area contributed by atoms with E-state index in [2.05, 4.69) is 41.1 Å². The van der Waals surface area contributed by atoms with Crippen LogP contribution in [0.25, 0.3) is 10.8 Å². The van der Waals surface area contributed by atoms with Crippen LogP contribution in [0.2, 0.25) is 0 Å². The number of fused-ring (bicyclic) bond motifs is 1. The van der Waals surface area contributed by atoms with Crippen LogP contribution in [0.5, 0.6) is 0 Å². The summed E-state index contributed by atoms with van der Waals surface area (Å²) in [6.45, 7) is 11.1. The van der Waals surface area contributed by atoms with Crippen molar-refractivity contribution in [3.05, 3.63) is 42.2 Å². The van der Waals surface area contributed by atoms with E-state index < -0.39 is 5.60 Å². The van der Waals surface area contributed by atoms with Crippen molar-refractivity contribution in [2.75, 3.05) is 19.6 Å². The van der Waals surface area contributed by atoms with Crippen molar-refractivity contribution < 1.29 is 9.53 Å². The largest absolute Gasteiger partial charge is 0.444 e. The van der Waals surface area contributed by atoms with Crippen LogP contribution in [-0.2, 0) is 11.3 Å². The molecule has 134 valence electrons. The van der Waals surface area contributed by atoms with E-state index in [0.29, 0.717) is 6.54 Å². The number of amides is 1. The maximum atomic E-state index is 12.3. The Morgan fingerprint density at radius 3 is 2.80 bits per heavy atom. The molecule has 1 aliphatic rings. The Labute approximate surface area is 149 Å². The van der Waals surface area contributed by atoms with E-state index in [4.69, 9.17) is 4.74 Å². The SMILES string of the molecule is CC1CN(Cc2cccc3cnccc23)CCN1C(=O)OC(C)(C)C. The van der Waals surface area contributed by atoms with Gasteiger partial charge in [0.15, 0.2) is 0 Å². The molecule has 1 unspecified atom stereocenters. The van der Waals surface area contributed by atoms with E-state index >= 15 is 0 Å². The monoisotopic (exact) mass is 341 g/mol. The Hall–Kier alpha value is -2.14. The summed E-state index contributed by atoms with van der Waals surface area (Å²) in [6, 6.07) is 8.56. The summed E-state index contributed by atoms with van der Waals surface area (Å²) in [5, 5.41) is 2.42. The highest BCUT2D eigenvalue weighted by Crippen LogP contribution is 2.21. The Kier molecular flexibility index (Phi) is 4.95. The molecule has 5 nitrogen and oxygen atoms in total. The number of hydrogen-bond donors (Lipinski definition) is 0. The molecular weight excluding hydrogens is 314 g/mol. The fourth-order valence-corrected chi connectivity index (χ4v) is 3.34. The molecule has 0 spiro atoms. The van der Waals surface area contributed by atoms with Gasteiger partial charge in [0.25, 0.3) is 0 Å². The Bertz CT molecular complexity index is 749. The van der Waals surface area contributed by atoms with Crippen LogP contribution < -0.4 is 0 Å². The van der Waals surface area contributed by atoms with Crippen molar-refractivity contribution in [3.63, 3.8) is 0 Å². The normalized spacial score (nSPS) is 19.2. The average Bonchev–Trinajstić information content (AvgIpc) is 2.53. The molecule has 0 aliphatic carbocycles. The molecule has 2 heterocycles. The number of carbonyl (C=O) groups is 1. The lowest BCUT2D eigenvalue weighted by Crippen LogP contribution is -2.54. The number of ether oxygens (including phenoxy) is 1. The first kappa shape index (κ1) is 17.7. The summed E-state index contributed by atoms with van der Waals surface area (Å²) >= 11 is 0. The molecule has 1 atom stereocenters. The molecule has 1 aromatic heterocycles. The van der Waals surface area contributed by atoms with Gasteiger partial charge in [0.2, 0.25) is 0 Å². The summed E-state index contributed by atoms with van der Waals surface area (Å²) in [5.41, 5.74) is 0.850. The van der Waals surface area contributed by atoms with Crippen molar-refractivity contribution in [2.45, 2.75) is 45.9 Å². The predicted molar refractivity (Wildman–Crippen MR) is 99.4 cm³/mol. The number of piperazine rings is 1. The molecule has 0 N–H and O–H groups in total. The van der Waals surface area contributed by atoms with Crippen molar-refractivity contribution in [1.82, 2.24) is 14.8 Å². The van der Waals surface area contributed by atoms with Crippen LogP contribution >= 0.6 is 0 Å². The molecule has 25 heavy (non-hydrogen) atoms. The zero-order chi connectivity index (χ0) is 18.0. The van der Waals surface area contributed by atoms with Gasteiger partial charge in [-0.2, -0.15) is 0 Å². The molecule has 1 amide bonds. The van der Waals surface area contributed by atoms with Gasteiger partial charge >= 0.3 is 6.09 Å². The van der Waals surface area contributed by atoms with Crippen molar-refractivity contribution in [1.29, 1.82) is 0 Å². The molecular formula is C20H27N3O2. The summed E-state index contributed by atoms with van der Waals surface area (Å²) in [5.74, 6) is 0.